The van der Waals surface area contributed by atoms with Crippen LogP contribution in [0.1, 0.15) is 22.8 Å². The molecule has 1 amide bonds. The Kier molecular flexibility index (Phi) is 5.75. The third-order valence-electron chi connectivity index (χ3n) is 5.38. The standard InChI is InChI=1S/C24H26N4O/c1-2-19-8-6-7-11-22(19)26-24(29)20-12-13-25-23(18-20)28-16-14-27(15-17-28)21-9-4-3-5-10-21/h3-13,18H,2,14-17H2,1H3,(H,26,29). The number of rotatable bonds is 5. The van der Waals surface area contributed by atoms with Crippen LogP contribution in [0.4, 0.5) is 17.2 Å². The van der Waals surface area contributed by atoms with Crippen molar-refractivity contribution in [3.63, 3.8) is 0 Å². The van der Waals surface area contributed by atoms with Gasteiger partial charge in [0.15, 0.2) is 0 Å². The van der Waals surface area contributed by atoms with Crippen LogP contribution >= 0.6 is 0 Å². The van der Waals surface area contributed by atoms with Crippen molar-refractivity contribution in [2.24, 2.45) is 0 Å². The van der Waals surface area contributed by atoms with Crippen molar-refractivity contribution in [1.29, 1.82) is 0 Å². The van der Waals surface area contributed by atoms with E-state index < -0.39 is 0 Å². The van der Waals surface area contributed by atoms with Crippen LogP contribution in [0.15, 0.2) is 72.9 Å². The van der Waals surface area contributed by atoms with Crippen LogP contribution in [-0.2, 0) is 6.42 Å². The second-order valence-corrected chi connectivity index (χ2v) is 7.18. The Morgan fingerprint density at radius 3 is 2.38 bits per heavy atom. The topological polar surface area (TPSA) is 48.5 Å². The lowest BCUT2D eigenvalue weighted by atomic mass is 10.1. The molecule has 0 bridgehead atoms. The van der Waals surface area contributed by atoms with E-state index in [0.717, 1.165) is 49.7 Å². The molecule has 1 aliphatic rings. The van der Waals surface area contributed by atoms with E-state index >= 15 is 0 Å². The summed E-state index contributed by atoms with van der Waals surface area (Å²) in [5, 5.41) is 3.04. The molecule has 0 unspecified atom stereocenters. The van der Waals surface area contributed by atoms with Gasteiger partial charge in [-0.15, -0.1) is 0 Å². The first kappa shape index (κ1) is 19.0. The SMILES string of the molecule is CCc1ccccc1NC(=O)c1ccnc(N2CCN(c3ccccc3)CC2)c1. The fourth-order valence-corrected chi connectivity index (χ4v) is 3.71. The summed E-state index contributed by atoms with van der Waals surface area (Å²) in [6, 6.07) is 22.1. The van der Waals surface area contributed by atoms with E-state index in [1.54, 1.807) is 12.3 Å². The third kappa shape index (κ3) is 4.40. The summed E-state index contributed by atoms with van der Waals surface area (Å²) in [7, 11) is 0. The molecule has 0 spiro atoms. The van der Waals surface area contributed by atoms with Crippen LogP contribution in [0.2, 0.25) is 0 Å². The van der Waals surface area contributed by atoms with E-state index in [4.69, 9.17) is 0 Å². The smallest absolute Gasteiger partial charge is 0.255 e. The van der Waals surface area contributed by atoms with E-state index in [9.17, 15) is 4.79 Å². The van der Waals surface area contributed by atoms with Gasteiger partial charge in [0, 0.05) is 49.3 Å². The van der Waals surface area contributed by atoms with Crippen LogP contribution in [0.5, 0.6) is 0 Å². The van der Waals surface area contributed by atoms with Crippen LogP contribution in [0.3, 0.4) is 0 Å². The molecule has 1 fully saturated rings. The Morgan fingerprint density at radius 1 is 0.931 bits per heavy atom. The van der Waals surface area contributed by atoms with Gasteiger partial charge in [-0.25, -0.2) is 4.98 Å². The molecule has 0 atom stereocenters. The summed E-state index contributed by atoms with van der Waals surface area (Å²) in [6.07, 6.45) is 2.60. The number of aryl methyl sites for hydroxylation is 1. The molecule has 1 aliphatic heterocycles. The average Bonchev–Trinajstić information content (AvgIpc) is 2.80. The summed E-state index contributed by atoms with van der Waals surface area (Å²) >= 11 is 0. The molecule has 148 valence electrons. The minimum absolute atomic E-state index is 0.0996. The highest BCUT2D eigenvalue weighted by molar-refractivity contribution is 6.05. The molecular formula is C24H26N4O. The number of piperazine rings is 1. The van der Waals surface area contributed by atoms with E-state index in [0.29, 0.717) is 5.56 Å². The van der Waals surface area contributed by atoms with Gasteiger partial charge in [0.2, 0.25) is 0 Å². The van der Waals surface area contributed by atoms with Crippen LogP contribution in [0, 0.1) is 0 Å². The third-order valence-corrected chi connectivity index (χ3v) is 5.38. The minimum Gasteiger partial charge on any atom is -0.368 e. The van der Waals surface area contributed by atoms with E-state index in [1.807, 2.05) is 36.4 Å². The first-order valence-corrected chi connectivity index (χ1v) is 10.1. The Bertz CT molecular complexity index is 965. The molecular weight excluding hydrogens is 360 g/mol. The van der Waals surface area contributed by atoms with E-state index in [-0.39, 0.29) is 5.91 Å². The molecule has 1 saturated heterocycles. The number of amides is 1. The van der Waals surface area contributed by atoms with Gasteiger partial charge in [-0.2, -0.15) is 0 Å². The molecule has 2 aromatic carbocycles. The fraction of sp³-hybridized carbons (Fsp3) is 0.250. The lowest BCUT2D eigenvalue weighted by molar-refractivity contribution is 0.102. The Hall–Kier alpha value is -3.34. The number of anilines is 3. The number of carbonyl (C=O) groups is 1. The van der Waals surface area contributed by atoms with Gasteiger partial charge < -0.3 is 15.1 Å². The summed E-state index contributed by atoms with van der Waals surface area (Å²) < 4.78 is 0. The van der Waals surface area contributed by atoms with Crippen LogP contribution in [0.25, 0.3) is 0 Å². The van der Waals surface area contributed by atoms with Gasteiger partial charge in [0.25, 0.3) is 5.91 Å². The number of hydrogen-bond donors (Lipinski definition) is 1. The fourth-order valence-electron chi connectivity index (χ4n) is 3.71. The van der Waals surface area contributed by atoms with E-state index in [1.165, 1.54) is 5.69 Å². The van der Waals surface area contributed by atoms with Gasteiger partial charge in [-0.05, 0) is 42.3 Å². The Morgan fingerprint density at radius 2 is 1.62 bits per heavy atom. The highest BCUT2D eigenvalue weighted by Crippen LogP contribution is 2.21. The van der Waals surface area contributed by atoms with Crippen molar-refractivity contribution >= 4 is 23.1 Å². The summed E-state index contributed by atoms with van der Waals surface area (Å²) in [4.78, 5) is 21.9. The first-order valence-electron chi connectivity index (χ1n) is 10.1. The quantitative estimate of drug-likeness (QED) is 0.713. The zero-order valence-corrected chi connectivity index (χ0v) is 16.7. The molecule has 5 nitrogen and oxygen atoms in total. The molecule has 0 saturated carbocycles. The number of aromatic nitrogens is 1. The Labute approximate surface area is 172 Å². The molecule has 29 heavy (non-hydrogen) atoms. The Balaban J connectivity index is 1.43. The number of pyridine rings is 1. The number of nitrogens with one attached hydrogen (secondary N) is 1. The van der Waals surface area contributed by atoms with Gasteiger partial charge in [-0.3, -0.25) is 4.79 Å². The molecule has 3 aromatic rings. The number of para-hydroxylation sites is 2. The molecule has 2 heterocycles. The van der Waals surface area contributed by atoms with Gasteiger partial charge >= 0.3 is 0 Å². The van der Waals surface area contributed by atoms with Crippen molar-refractivity contribution in [3.8, 4) is 0 Å². The normalized spacial score (nSPS) is 14.0. The monoisotopic (exact) mass is 386 g/mol. The maximum atomic E-state index is 12.8. The van der Waals surface area contributed by atoms with Gasteiger partial charge in [-0.1, -0.05) is 43.3 Å². The molecule has 1 N–H and O–H groups in total. The van der Waals surface area contributed by atoms with Crippen molar-refractivity contribution in [3.05, 3.63) is 84.1 Å². The van der Waals surface area contributed by atoms with Crippen molar-refractivity contribution in [1.82, 2.24) is 4.98 Å². The predicted octanol–water partition coefficient (Wildman–Crippen LogP) is 4.22. The highest BCUT2D eigenvalue weighted by Gasteiger charge is 2.19. The molecule has 5 heteroatoms. The number of hydrogen-bond acceptors (Lipinski definition) is 4. The number of carbonyl (C=O) groups excluding carboxylic acids is 1. The van der Waals surface area contributed by atoms with Crippen molar-refractivity contribution in [2.75, 3.05) is 41.3 Å². The largest absolute Gasteiger partial charge is 0.368 e. The highest BCUT2D eigenvalue weighted by atomic mass is 16.1. The van der Waals surface area contributed by atoms with Gasteiger partial charge in [0.1, 0.15) is 5.82 Å². The molecule has 0 aliphatic carbocycles. The maximum Gasteiger partial charge on any atom is 0.255 e. The molecule has 1 aromatic heterocycles. The number of benzene rings is 2. The van der Waals surface area contributed by atoms with Crippen LogP contribution < -0.4 is 15.1 Å². The predicted molar refractivity (Wildman–Crippen MR) is 119 cm³/mol. The molecule has 4 rings (SSSR count). The first-order chi connectivity index (χ1) is 14.2. The van der Waals surface area contributed by atoms with E-state index in [2.05, 4.69) is 51.3 Å². The van der Waals surface area contributed by atoms with Crippen LogP contribution in [-0.4, -0.2) is 37.1 Å². The number of nitrogens with zero attached hydrogens (tertiary/aromatic N) is 3. The molecule has 0 radical (unpaired) electrons. The second kappa shape index (κ2) is 8.78. The minimum atomic E-state index is -0.0996. The summed E-state index contributed by atoms with van der Waals surface area (Å²) in [5.74, 6) is 0.756. The lowest BCUT2D eigenvalue weighted by Crippen LogP contribution is -2.46. The zero-order chi connectivity index (χ0) is 20.1. The van der Waals surface area contributed by atoms with Crippen molar-refractivity contribution in [2.45, 2.75) is 13.3 Å². The van der Waals surface area contributed by atoms with Crippen molar-refractivity contribution < 1.29 is 4.79 Å². The average molecular weight is 386 g/mol. The summed E-state index contributed by atoms with van der Waals surface area (Å²) in [5.41, 5.74) is 3.89. The van der Waals surface area contributed by atoms with Gasteiger partial charge in [0.05, 0.1) is 0 Å². The second-order valence-electron chi connectivity index (χ2n) is 7.18. The maximum absolute atomic E-state index is 12.8. The summed E-state index contributed by atoms with van der Waals surface area (Å²) in [6.45, 7) is 5.72. The zero-order valence-electron chi connectivity index (χ0n) is 16.7. The lowest BCUT2D eigenvalue weighted by Gasteiger charge is -2.36.